The molecular formula is C26H28N4O4S. The van der Waals surface area contributed by atoms with Crippen LogP contribution in [0.2, 0.25) is 0 Å². The van der Waals surface area contributed by atoms with Gasteiger partial charge in [0.25, 0.3) is 0 Å². The van der Waals surface area contributed by atoms with Crippen molar-refractivity contribution in [1.29, 1.82) is 0 Å². The first-order chi connectivity index (χ1) is 16.7. The third kappa shape index (κ3) is 8.40. The van der Waals surface area contributed by atoms with E-state index >= 15 is 0 Å². The van der Waals surface area contributed by atoms with Gasteiger partial charge in [-0.1, -0.05) is 62.4 Å². The van der Waals surface area contributed by atoms with Crippen molar-refractivity contribution in [3.8, 4) is 0 Å². The molecule has 0 bridgehead atoms. The van der Waals surface area contributed by atoms with Crippen LogP contribution in [0.3, 0.4) is 0 Å². The molecule has 3 aromatic rings. The van der Waals surface area contributed by atoms with Crippen LogP contribution in [0.5, 0.6) is 0 Å². The second-order valence-electron chi connectivity index (χ2n) is 8.11. The Bertz CT molecular complexity index is 1260. The number of benzene rings is 3. The fourth-order valence-electron chi connectivity index (χ4n) is 3.11. The first-order valence-corrected chi connectivity index (χ1v) is 12.6. The van der Waals surface area contributed by atoms with Gasteiger partial charge in [-0.2, -0.15) is 4.72 Å². The van der Waals surface area contributed by atoms with Crippen molar-refractivity contribution in [2.45, 2.75) is 19.9 Å². The van der Waals surface area contributed by atoms with Crippen molar-refractivity contribution in [2.24, 2.45) is 5.92 Å². The Kier molecular flexibility index (Phi) is 8.77. The van der Waals surface area contributed by atoms with Gasteiger partial charge < -0.3 is 16.0 Å². The van der Waals surface area contributed by atoms with Crippen LogP contribution in [0.4, 0.5) is 21.9 Å². The molecule has 3 rings (SSSR count). The topological polar surface area (TPSA) is 116 Å². The summed E-state index contributed by atoms with van der Waals surface area (Å²) < 4.78 is 27.5. The number of hydrogen-bond donors (Lipinski definition) is 4. The number of nitrogens with one attached hydrogen (secondary N) is 4. The summed E-state index contributed by atoms with van der Waals surface area (Å²) in [7, 11) is -3.85. The number of para-hydroxylation sites is 1. The maximum atomic E-state index is 12.8. The van der Waals surface area contributed by atoms with Crippen LogP contribution in [0.15, 0.2) is 90.3 Å². The fraction of sp³-hybridized carbons (Fsp3) is 0.154. The zero-order valence-electron chi connectivity index (χ0n) is 19.4. The molecule has 0 radical (unpaired) electrons. The molecule has 0 fully saturated rings. The van der Waals surface area contributed by atoms with Gasteiger partial charge in [0, 0.05) is 22.5 Å². The van der Waals surface area contributed by atoms with Crippen molar-refractivity contribution in [3.63, 3.8) is 0 Å². The lowest BCUT2D eigenvalue weighted by atomic mass is 10.0. The van der Waals surface area contributed by atoms with Gasteiger partial charge >= 0.3 is 6.03 Å². The number of hydrogen-bond acceptors (Lipinski definition) is 4. The predicted octanol–water partition coefficient (Wildman–Crippen LogP) is 4.88. The van der Waals surface area contributed by atoms with E-state index in [1.165, 1.54) is 6.08 Å². The first-order valence-electron chi connectivity index (χ1n) is 11.0. The third-order valence-corrected chi connectivity index (χ3v) is 6.00. The maximum absolute atomic E-state index is 12.8. The van der Waals surface area contributed by atoms with Gasteiger partial charge in [0.15, 0.2) is 0 Å². The minimum Gasteiger partial charge on any atom is -0.325 e. The summed E-state index contributed by atoms with van der Waals surface area (Å²) >= 11 is 0. The normalized spacial score (nSPS) is 12.3. The molecule has 8 nitrogen and oxygen atoms in total. The molecular weight excluding hydrogens is 464 g/mol. The molecule has 3 amide bonds. The fourth-order valence-corrected chi connectivity index (χ4v) is 4.26. The Morgan fingerprint density at radius 2 is 1.20 bits per heavy atom. The van der Waals surface area contributed by atoms with Crippen LogP contribution in [0.1, 0.15) is 19.4 Å². The molecule has 182 valence electrons. The van der Waals surface area contributed by atoms with Gasteiger partial charge in [0.05, 0.1) is 0 Å². The van der Waals surface area contributed by atoms with Crippen molar-refractivity contribution in [2.75, 3.05) is 16.0 Å². The largest absolute Gasteiger partial charge is 0.325 e. The van der Waals surface area contributed by atoms with E-state index < -0.39 is 28.0 Å². The summed E-state index contributed by atoms with van der Waals surface area (Å²) in [5.74, 6) is -0.781. The smallest absolute Gasteiger partial charge is 0.323 e. The van der Waals surface area contributed by atoms with Crippen LogP contribution in [0.25, 0.3) is 6.08 Å². The van der Waals surface area contributed by atoms with E-state index in [0.717, 1.165) is 11.0 Å². The van der Waals surface area contributed by atoms with E-state index in [4.69, 9.17) is 0 Å². The number of carbonyl (C=O) groups is 2. The molecule has 0 unspecified atom stereocenters. The molecule has 35 heavy (non-hydrogen) atoms. The number of rotatable bonds is 9. The van der Waals surface area contributed by atoms with E-state index in [1.54, 1.807) is 74.5 Å². The quantitative estimate of drug-likeness (QED) is 0.340. The summed E-state index contributed by atoms with van der Waals surface area (Å²) in [4.78, 5) is 25.0. The third-order valence-electron chi connectivity index (χ3n) is 4.92. The minimum absolute atomic E-state index is 0.294. The zero-order valence-corrected chi connectivity index (χ0v) is 20.3. The molecule has 0 aliphatic heterocycles. The molecule has 0 aromatic heterocycles. The predicted molar refractivity (Wildman–Crippen MR) is 140 cm³/mol. The average Bonchev–Trinajstić information content (AvgIpc) is 2.83. The lowest BCUT2D eigenvalue weighted by Gasteiger charge is -2.21. The van der Waals surface area contributed by atoms with E-state index in [9.17, 15) is 18.0 Å². The van der Waals surface area contributed by atoms with E-state index in [2.05, 4.69) is 20.7 Å². The lowest BCUT2D eigenvalue weighted by molar-refractivity contribution is -0.118. The number of urea groups is 1. The van der Waals surface area contributed by atoms with Gasteiger partial charge in [-0.3, -0.25) is 4.79 Å². The van der Waals surface area contributed by atoms with Gasteiger partial charge in [-0.25, -0.2) is 13.2 Å². The molecule has 9 heteroatoms. The number of sulfonamides is 1. The van der Waals surface area contributed by atoms with Crippen molar-refractivity contribution >= 4 is 45.1 Å². The second-order valence-corrected chi connectivity index (χ2v) is 9.71. The van der Waals surface area contributed by atoms with Gasteiger partial charge in [0.1, 0.15) is 6.04 Å². The molecule has 0 spiro atoms. The second kappa shape index (κ2) is 12.0. The molecule has 4 N–H and O–H groups in total. The minimum atomic E-state index is -3.85. The summed E-state index contributed by atoms with van der Waals surface area (Å²) in [5.41, 5.74) is 2.39. The zero-order chi connectivity index (χ0) is 25.3. The Labute approximate surface area is 205 Å². The highest BCUT2D eigenvalue weighted by Gasteiger charge is 2.26. The Morgan fingerprint density at radius 3 is 1.74 bits per heavy atom. The first kappa shape index (κ1) is 25.7. The van der Waals surface area contributed by atoms with Crippen LogP contribution in [0, 0.1) is 5.92 Å². The Balaban J connectivity index is 1.59. The van der Waals surface area contributed by atoms with E-state index in [0.29, 0.717) is 17.1 Å². The SMILES string of the molecule is CC(C)[C@H](NS(=O)(=O)/C=C/c1ccccc1)C(=O)Nc1ccc(NC(=O)Nc2ccccc2)cc1. The van der Waals surface area contributed by atoms with E-state index in [-0.39, 0.29) is 5.92 Å². The summed E-state index contributed by atoms with van der Waals surface area (Å²) in [6.07, 6.45) is 1.47. The van der Waals surface area contributed by atoms with Crippen molar-refractivity contribution in [3.05, 3.63) is 95.9 Å². The van der Waals surface area contributed by atoms with Gasteiger partial charge in [0.2, 0.25) is 15.9 Å². The van der Waals surface area contributed by atoms with Gasteiger partial charge in [-0.15, -0.1) is 0 Å². The summed E-state index contributed by atoms with van der Waals surface area (Å²) in [5, 5.41) is 9.19. The van der Waals surface area contributed by atoms with E-state index in [1.807, 2.05) is 24.3 Å². The number of carbonyl (C=O) groups excluding carboxylic acids is 2. The average molecular weight is 493 g/mol. The molecule has 3 aromatic carbocycles. The van der Waals surface area contributed by atoms with Crippen LogP contribution in [-0.2, 0) is 14.8 Å². The van der Waals surface area contributed by atoms with Crippen molar-refractivity contribution in [1.82, 2.24) is 4.72 Å². The highest BCUT2D eigenvalue weighted by atomic mass is 32.2. The Hall–Kier alpha value is -3.95. The standard InChI is InChI=1S/C26H28N4O4S/c1-19(2)24(30-35(33,34)18-17-20-9-5-3-6-10-20)25(31)27-22-13-15-23(16-14-22)29-26(32)28-21-11-7-4-8-12-21/h3-19,24,30H,1-2H3,(H,27,31)(H2,28,29,32)/b18-17+/t24-/m0/s1. The molecule has 0 saturated carbocycles. The highest BCUT2D eigenvalue weighted by molar-refractivity contribution is 7.92. The molecule has 0 heterocycles. The molecule has 0 aliphatic rings. The van der Waals surface area contributed by atoms with Crippen molar-refractivity contribution < 1.29 is 18.0 Å². The summed E-state index contributed by atoms with van der Waals surface area (Å²) in [6.45, 7) is 3.51. The lowest BCUT2D eigenvalue weighted by Crippen LogP contribution is -2.46. The van der Waals surface area contributed by atoms with Crippen LogP contribution < -0.4 is 20.7 Å². The molecule has 1 atom stereocenters. The highest BCUT2D eigenvalue weighted by Crippen LogP contribution is 2.16. The monoisotopic (exact) mass is 492 g/mol. The van der Waals surface area contributed by atoms with Crippen LogP contribution in [-0.4, -0.2) is 26.4 Å². The Morgan fingerprint density at radius 1 is 0.714 bits per heavy atom. The molecule has 0 aliphatic carbocycles. The number of anilines is 3. The maximum Gasteiger partial charge on any atom is 0.323 e. The van der Waals surface area contributed by atoms with Crippen LogP contribution >= 0.6 is 0 Å². The molecule has 0 saturated heterocycles. The number of amides is 3. The van der Waals surface area contributed by atoms with Gasteiger partial charge in [-0.05, 0) is 54.0 Å². The summed E-state index contributed by atoms with van der Waals surface area (Å²) in [6, 6.07) is 23.2.